The number of benzene rings is 1. The highest BCUT2D eigenvalue weighted by Crippen LogP contribution is 2.47. The van der Waals surface area contributed by atoms with Gasteiger partial charge >= 0.3 is 0 Å². The first-order valence-corrected chi connectivity index (χ1v) is 10.1. The number of aliphatic imine (C=N–C) groups is 1. The van der Waals surface area contributed by atoms with Gasteiger partial charge in [-0.2, -0.15) is 0 Å². The van der Waals surface area contributed by atoms with Gasteiger partial charge in [0.2, 0.25) is 0 Å². The molecular formula is C21H32N4O. The maximum absolute atomic E-state index is 5.53. The van der Waals surface area contributed by atoms with Crippen molar-refractivity contribution in [3.63, 3.8) is 0 Å². The SMILES string of the molecule is CN=C(NCC1CCN(c2ccccc2OC)C1)N1CCC2(CCC2)C1. The maximum Gasteiger partial charge on any atom is 0.193 e. The van der Waals surface area contributed by atoms with Crippen LogP contribution in [0.15, 0.2) is 29.3 Å². The Kier molecular flexibility index (Phi) is 4.96. The van der Waals surface area contributed by atoms with Crippen LogP contribution in [0.5, 0.6) is 5.75 Å². The molecule has 1 spiro atoms. The summed E-state index contributed by atoms with van der Waals surface area (Å²) in [6.07, 6.45) is 6.80. The number of nitrogens with one attached hydrogen (secondary N) is 1. The minimum absolute atomic E-state index is 0.617. The molecule has 1 unspecified atom stereocenters. The fraction of sp³-hybridized carbons (Fsp3) is 0.667. The van der Waals surface area contributed by atoms with Crippen molar-refractivity contribution >= 4 is 11.6 Å². The molecule has 2 heterocycles. The predicted molar refractivity (Wildman–Crippen MR) is 107 cm³/mol. The van der Waals surface area contributed by atoms with E-state index in [0.29, 0.717) is 11.3 Å². The molecule has 0 amide bonds. The highest BCUT2D eigenvalue weighted by Gasteiger charge is 2.43. The van der Waals surface area contributed by atoms with Gasteiger partial charge in [0, 0.05) is 39.8 Å². The van der Waals surface area contributed by atoms with Gasteiger partial charge in [-0.25, -0.2) is 0 Å². The summed E-state index contributed by atoms with van der Waals surface area (Å²) in [5, 5.41) is 3.66. The molecule has 0 bridgehead atoms. The normalized spacial score (nSPS) is 24.8. The summed E-state index contributed by atoms with van der Waals surface area (Å²) < 4.78 is 5.53. The van der Waals surface area contributed by atoms with Crippen molar-refractivity contribution in [2.45, 2.75) is 32.1 Å². The minimum Gasteiger partial charge on any atom is -0.495 e. The van der Waals surface area contributed by atoms with Crippen molar-refractivity contribution in [3.8, 4) is 5.75 Å². The number of ether oxygens (including phenoxy) is 1. The number of anilines is 1. The number of likely N-dealkylation sites (tertiary alicyclic amines) is 1. The molecule has 5 nitrogen and oxygen atoms in total. The van der Waals surface area contributed by atoms with Crippen LogP contribution in [-0.2, 0) is 0 Å². The van der Waals surface area contributed by atoms with Gasteiger partial charge in [-0.15, -0.1) is 0 Å². The lowest BCUT2D eigenvalue weighted by Gasteiger charge is -2.38. The summed E-state index contributed by atoms with van der Waals surface area (Å²) in [4.78, 5) is 9.49. The lowest BCUT2D eigenvalue weighted by Crippen LogP contribution is -2.44. The smallest absolute Gasteiger partial charge is 0.193 e. The molecule has 1 aromatic rings. The standard InChI is InChI=1S/C21H32N4O/c1-22-20(25-13-11-21(16-25)9-5-10-21)23-14-17-8-12-24(15-17)18-6-3-4-7-19(18)26-2/h3-4,6-7,17H,5,8-16H2,1-2H3,(H,22,23). The van der Waals surface area contributed by atoms with Gasteiger partial charge in [0.15, 0.2) is 5.96 Å². The third-order valence-electron chi connectivity index (χ3n) is 6.62. The van der Waals surface area contributed by atoms with E-state index in [1.54, 1.807) is 7.11 Å². The molecule has 4 rings (SSSR count). The van der Waals surface area contributed by atoms with Crippen LogP contribution in [0.3, 0.4) is 0 Å². The summed E-state index contributed by atoms with van der Waals surface area (Å²) in [5.74, 6) is 2.72. The monoisotopic (exact) mass is 356 g/mol. The zero-order chi connectivity index (χ0) is 18.0. The summed E-state index contributed by atoms with van der Waals surface area (Å²) in [5.41, 5.74) is 1.83. The molecule has 1 atom stereocenters. The van der Waals surface area contributed by atoms with E-state index in [-0.39, 0.29) is 0 Å². The zero-order valence-corrected chi connectivity index (χ0v) is 16.2. The van der Waals surface area contributed by atoms with E-state index in [1.807, 2.05) is 19.2 Å². The van der Waals surface area contributed by atoms with Crippen LogP contribution in [0.1, 0.15) is 32.1 Å². The number of hydrogen-bond donors (Lipinski definition) is 1. The lowest BCUT2D eigenvalue weighted by molar-refractivity contribution is 0.151. The summed E-state index contributed by atoms with van der Waals surface area (Å²) in [6, 6.07) is 8.34. The molecular weight excluding hydrogens is 324 g/mol. The van der Waals surface area contributed by atoms with Crippen LogP contribution >= 0.6 is 0 Å². The fourth-order valence-corrected chi connectivity index (χ4v) is 4.88. The van der Waals surface area contributed by atoms with Crippen molar-refractivity contribution in [1.82, 2.24) is 10.2 Å². The molecule has 1 N–H and O–H groups in total. The van der Waals surface area contributed by atoms with E-state index in [9.17, 15) is 0 Å². The molecule has 26 heavy (non-hydrogen) atoms. The molecule has 5 heteroatoms. The Balaban J connectivity index is 1.30. The summed E-state index contributed by atoms with van der Waals surface area (Å²) >= 11 is 0. The van der Waals surface area contributed by atoms with Gasteiger partial charge in [0.25, 0.3) is 0 Å². The maximum atomic E-state index is 5.53. The molecule has 0 aromatic heterocycles. The van der Waals surface area contributed by atoms with Crippen molar-refractivity contribution in [1.29, 1.82) is 0 Å². The van der Waals surface area contributed by atoms with E-state index < -0.39 is 0 Å². The van der Waals surface area contributed by atoms with Gasteiger partial charge in [0.05, 0.1) is 12.8 Å². The van der Waals surface area contributed by atoms with E-state index in [4.69, 9.17) is 4.74 Å². The van der Waals surface area contributed by atoms with Gasteiger partial charge in [-0.1, -0.05) is 18.6 Å². The largest absolute Gasteiger partial charge is 0.495 e. The van der Waals surface area contributed by atoms with Gasteiger partial charge < -0.3 is 19.9 Å². The zero-order valence-electron chi connectivity index (χ0n) is 16.2. The van der Waals surface area contributed by atoms with E-state index in [1.165, 1.54) is 44.3 Å². The second kappa shape index (κ2) is 7.37. The van der Waals surface area contributed by atoms with Crippen molar-refractivity contribution in [2.24, 2.45) is 16.3 Å². The number of hydrogen-bond acceptors (Lipinski definition) is 3. The minimum atomic E-state index is 0.617. The van der Waals surface area contributed by atoms with Crippen LogP contribution in [-0.4, -0.2) is 57.7 Å². The topological polar surface area (TPSA) is 40.1 Å². The molecule has 2 saturated heterocycles. The molecule has 0 radical (unpaired) electrons. The van der Waals surface area contributed by atoms with Gasteiger partial charge in [-0.05, 0) is 49.1 Å². The fourth-order valence-electron chi connectivity index (χ4n) is 4.88. The summed E-state index contributed by atoms with van der Waals surface area (Å²) in [6.45, 7) is 5.54. The third kappa shape index (κ3) is 3.36. The number of nitrogens with zero attached hydrogens (tertiary/aromatic N) is 3. The molecule has 2 aliphatic heterocycles. The van der Waals surface area contributed by atoms with Crippen molar-refractivity contribution in [3.05, 3.63) is 24.3 Å². The van der Waals surface area contributed by atoms with Gasteiger partial charge in [-0.3, -0.25) is 4.99 Å². The second-order valence-electron chi connectivity index (χ2n) is 8.23. The van der Waals surface area contributed by atoms with Crippen LogP contribution in [0.2, 0.25) is 0 Å². The molecule has 1 saturated carbocycles. The number of para-hydroxylation sites is 2. The quantitative estimate of drug-likeness (QED) is 0.665. The van der Waals surface area contributed by atoms with Crippen LogP contribution in [0, 0.1) is 11.3 Å². The number of rotatable bonds is 4. The third-order valence-corrected chi connectivity index (χ3v) is 6.62. The summed E-state index contributed by atoms with van der Waals surface area (Å²) in [7, 11) is 3.67. The molecule has 1 aliphatic carbocycles. The van der Waals surface area contributed by atoms with Crippen LogP contribution in [0.25, 0.3) is 0 Å². The Morgan fingerprint density at radius 2 is 2.12 bits per heavy atom. The van der Waals surface area contributed by atoms with Gasteiger partial charge in [0.1, 0.15) is 5.75 Å². The average molecular weight is 357 g/mol. The van der Waals surface area contributed by atoms with Crippen LogP contribution in [0.4, 0.5) is 5.69 Å². The Hall–Kier alpha value is -1.91. The highest BCUT2D eigenvalue weighted by atomic mass is 16.5. The van der Waals surface area contributed by atoms with E-state index >= 15 is 0 Å². The first-order valence-electron chi connectivity index (χ1n) is 10.1. The van der Waals surface area contributed by atoms with E-state index in [2.05, 4.69) is 32.2 Å². The van der Waals surface area contributed by atoms with Crippen molar-refractivity contribution < 1.29 is 4.74 Å². The lowest BCUT2D eigenvalue weighted by atomic mass is 9.68. The second-order valence-corrected chi connectivity index (χ2v) is 8.23. The predicted octanol–water partition coefficient (Wildman–Crippen LogP) is 2.97. The first kappa shape index (κ1) is 17.5. The Morgan fingerprint density at radius 3 is 2.81 bits per heavy atom. The molecule has 3 fully saturated rings. The van der Waals surface area contributed by atoms with Crippen molar-refractivity contribution in [2.75, 3.05) is 51.8 Å². The van der Waals surface area contributed by atoms with E-state index in [0.717, 1.165) is 37.9 Å². The Morgan fingerprint density at radius 1 is 1.27 bits per heavy atom. The van der Waals surface area contributed by atoms with Crippen LogP contribution < -0.4 is 15.0 Å². The molecule has 1 aromatic carbocycles. The molecule has 3 aliphatic rings. The highest BCUT2D eigenvalue weighted by molar-refractivity contribution is 5.80. The first-order chi connectivity index (χ1) is 12.7. The average Bonchev–Trinajstić information content (AvgIpc) is 3.29. The Labute approximate surface area is 157 Å². The number of methoxy groups -OCH3 is 1. The molecule has 142 valence electrons. The number of guanidine groups is 1. The Bertz CT molecular complexity index is 655.